The molecule has 4 rings (SSSR count). The number of carbonyl (C=O) groups is 1. The molecule has 0 spiro atoms. The zero-order valence-electron chi connectivity index (χ0n) is 13.3. The first-order valence-corrected chi connectivity index (χ1v) is 7.87. The Labute approximate surface area is 140 Å². The van der Waals surface area contributed by atoms with Gasteiger partial charge in [-0.15, -0.1) is 0 Å². The highest BCUT2D eigenvalue weighted by Gasteiger charge is 2.08. The number of nitrogens with zero attached hydrogens (tertiary/aromatic N) is 1. The van der Waals surface area contributed by atoms with E-state index < -0.39 is 0 Å². The molecular weight excluding hydrogens is 296 g/mol. The van der Waals surface area contributed by atoms with Gasteiger partial charge in [0.1, 0.15) is 0 Å². The third-order valence-electron chi connectivity index (χ3n) is 4.14. The van der Waals surface area contributed by atoms with Crippen molar-refractivity contribution < 1.29 is 4.79 Å². The van der Waals surface area contributed by atoms with Gasteiger partial charge in [0.2, 0.25) is 5.91 Å². The normalized spacial score (nSPS) is 10.9. The monoisotopic (exact) mass is 312 g/mol. The van der Waals surface area contributed by atoms with Crippen molar-refractivity contribution in [1.29, 1.82) is 0 Å². The van der Waals surface area contributed by atoms with Gasteiger partial charge in [-0.1, -0.05) is 48.5 Å². The molecule has 0 fully saturated rings. The van der Waals surface area contributed by atoms with Crippen molar-refractivity contribution in [3.63, 3.8) is 0 Å². The van der Waals surface area contributed by atoms with Crippen LogP contribution in [0.4, 0.5) is 5.69 Å². The molecule has 1 aromatic heterocycles. The standard InChI is InChI=1S/C21H16N2O/c1-14(24)23-21-9-5-2-6-18(21)15-10-11-17-16(12-15)13-22-20-8-4-3-7-19(17)20/h2-13H,1H3,(H,23,24). The molecule has 3 heteroatoms. The number of carbonyl (C=O) groups excluding carboxylic acids is 1. The quantitative estimate of drug-likeness (QED) is 0.528. The van der Waals surface area contributed by atoms with E-state index in [0.717, 1.165) is 33.1 Å². The summed E-state index contributed by atoms with van der Waals surface area (Å²) in [6.45, 7) is 1.52. The minimum atomic E-state index is -0.0732. The van der Waals surface area contributed by atoms with Crippen molar-refractivity contribution in [2.45, 2.75) is 6.92 Å². The Bertz CT molecular complexity index is 1070. The summed E-state index contributed by atoms with van der Waals surface area (Å²) in [6, 6.07) is 22.3. The Morgan fingerprint density at radius 1 is 0.917 bits per heavy atom. The van der Waals surface area contributed by atoms with Crippen LogP contribution in [0.3, 0.4) is 0 Å². The van der Waals surface area contributed by atoms with Crippen LogP contribution in [-0.2, 0) is 4.79 Å². The molecule has 3 aromatic carbocycles. The lowest BCUT2D eigenvalue weighted by molar-refractivity contribution is -0.114. The molecule has 0 bridgehead atoms. The van der Waals surface area contributed by atoms with Gasteiger partial charge in [0.25, 0.3) is 0 Å². The number of rotatable bonds is 2. The molecule has 0 aliphatic heterocycles. The van der Waals surface area contributed by atoms with Gasteiger partial charge in [-0.3, -0.25) is 9.78 Å². The van der Waals surface area contributed by atoms with Crippen molar-refractivity contribution in [3.8, 4) is 11.1 Å². The van der Waals surface area contributed by atoms with E-state index in [1.54, 1.807) is 0 Å². The van der Waals surface area contributed by atoms with Gasteiger partial charge in [0.15, 0.2) is 0 Å². The summed E-state index contributed by atoms with van der Waals surface area (Å²) in [7, 11) is 0. The fourth-order valence-electron chi connectivity index (χ4n) is 3.07. The number of benzene rings is 3. The largest absolute Gasteiger partial charge is 0.326 e. The third kappa shape index (κ3) is 2.50. The van der Waals surface area contributed by atoms with Crippen molar-refractivity contribution >= 4 is 33.3 Å². The Morgan fingerprint density at radius 2 is 1.71 bits per heavy atom. The molecule has 3 nitrogen and oxygen atoms in total. The first kappa shape index (κ1) is 14.4. The van der Waals surface area contributed by atoms with E-state index in [9.17, 15) is 4.79 Å². The molecule has 0 radical (unpaired) electrons. The minimum Gasteiger partial charge on any atom is -0.326 e. The molecule has 116 valence electrons. The van der Waals surface area contributed by atoms with Gasteiger partial charge in [-0.25, -0.2) is 0 Å². The van der Waals surface area contributed by atoms with Crippen LogP contribution in [0, 0.1) is 0 Å². The van der Waals surface area contributed by atoms with Crippen LogP contribution in [-0.4, -0.2) is 10.9 Å². The van der Waals surface area contributed by atoms with Crippen LogP contribution in [0.25, 0.3) is 32.8 Å². The first-order valence-electron chi connectivity index (χ1n) is 7.87. The highest BCUT2D eigenvalue weighted by Crippen LogP contribution is 2.32. The highest BCUT2D eigenvalue weighted by atomic mass is 16.1. The molecule has 0 atom stereocenters. The molecule has 0 aliphatic carbocycles. The second-order valence-electron chi connectivity index (χ2n) is 5.80. The number of pyridine rings is 1. The maximum atomic E-state index is 11.4. The van der Waals surface area contributed by atoms with Crippen molar-refractivity contribution in [2.75, 3.05) is 5.32 Å². The summed E-state index contributed by atoms with van der Waals surface area (Å²) in [6.07, 6.45) is 1.90. The van der Waals surface area contributed by atoms with Gasteiger partial charge in [0, 0.05) is 35.1 Å². The van der Waals surface area contributed by atoms with Crippen LogP contribution in [0.15, 0.2) is 72.9 Å². The van der Waals surface area contributed by atoms with Crippen LogP contribution in [0.2, 0.25) is 0 Å². The SMILES string of the molecule is CC(=O)Nc1ccccc1-c1ccc2c(cnc3ccccc32)c1. The summed E-state index contributed by atoms with van der Waals surface area (Å²) in [5.41, 5.74) is 3.88. The maximum absolute atomic E-state index is 11.4. The number of nitrogens with one attached hydrogen (secondary N) is 1. The van der Waals surface area contributed by atoms with Gasteiger partial charge in [-0.2, -0.15) is 0 Å². The van der Waals surface area contributed by atoms with E-state index in [4.69, 9.17) is 0 Å². The summed E-state index contributed by atoms with van der Waals surface area (Å²) in [5.74, 6) is -0.0732. The lowest BCUT2D eigenvalue weighted by Gasteiger charge is -2.11. The van der Waals surface area contributed by atoms with Crippen LogP contribution >= 0.6 is 0 Å². The van der Waals surface area contributed by atoms with Gasteiger partial charge in [0.05, 0.1) is 5.52 Å². The maximum Gasteiger partial charge on any atom is 0.221 e. The fourth-order valence-corrected chi connectivity index (χ4v) is 3.07. The molecule has 1 amide bonds. The Balaban J connectivity index is 1.90. The zero-order valence-corrected chi connectivity index (χ0v) is 13.3. The first-order chi connectivity index (χ1) is 11.7. The molecule has 4 aromatic rings. The van der Waals surface area contributed by atoms with E-state index in [-0.39, 0.29) is 5.91 Å². The third-order valence-corrected chi connectivity index (χ3v) is 4.14. The van der Waals surface area contributed by atoms with E-state index in [0.29, 0.717) is 0 Å². The Hall–Kier alpha value is -3.20. The summed E-state index contributed by atoms with van der Waals surface area (Å²) >= 11 is 0. The average Bonchev–Trinajstić information content (AvgIpc) is 2.61. The fraction of sp³-hybridized carbons (Fsp3) is 0.0476. The summed E-state index contributed by atoms with van der Waals surface area (Å²) in [5, 5.41) is 6.31. The number of hydrogen-bond donors (Lipinski definition) is 1. The minimum absolute atomic E-state index is 0.0732. The van der Waals surface area contributed by atoms with E-state index in [1.165, 1.54) is 12.3 Å². The van der Waals surface area contributed by atoms with Crippen LogP contribution in [0.5, 0.6) is 0 Å². The molecule has 0 aliphatic rings. The predicted octanol–water partition coefficient (Wildman–Crippen LogP) is 5.01. The number of hydrogen-bond acceptors (Lipinski definition) is 2. The molecular formula is C21H16N2O. The second kappa shape index (κ2) is 5.78. The van der Waals surface area contributed by atoms with Crippen molar-refractivity contribution in [1.82, 2.24) is 4.98 Å². The molecule has 1 N–H and O–H groups in total. The number of anilines is 1. The van der Waals surface area contributed by atoms with Gasteiger partial charge >= 0.3 is 0 Å². The molecule has 0 unspecified atom stereocenters. The molecule has 0 saturated heterocycles. The average molecular weight is 312 g/mol. The topological polar surface area (TPSA) is 42.0 Å². The zero-order chi connectivity index (χ0) is 16.5. The lowest BCUT2D eigenvalue weighted by atomic mass is 9.99. The van der Waals surface area contributed by atoms with Crippen LogP contribution < -0.4 is 5.32 Å². The second-order valence-corrected chi connectivity index (χ2v) is 5.80. The van der Waals surface area contributed by atoms with E-state index in [2.05, 4.69) is 34.6 Å². The Morgan fingerprint density at radius 3 is 2.58 bits per heavy atom. The lowest BCUT2D eigenvalue weighted by Crippen LogP contribution is -2.06. The molecule has 0 saturated carbocycles. The number of aromatic nitrogens is 1. The molecule has 24 heavy (non-hydrogen) atoms. The Kier molecular flexibility index (Phi) is 3.47. The highest BCUT2D eigenvalue weighted by molar-refractivity contribution is 6.07. The van der Waals surface area contributed by atoms with Gasteiger partial charge in [-0.05, 0) is 29.1 Å². The van der Waals surface area contributed by atoms with E-state index >= 15 is 0 Å². The van der Waals surface area contributed by atoms with Gasteiger partial charge < -0.3 is 5.32 Å². The number of fused-ring (bicyclic) bond motifs is 3. The smallest absolute Gasteiger partial charge is 0.221 e. The summed E-state index contributed by atoms with van der Waals surface area (Å²) < 4.78 is 0. The predicted molar refractivity (Wildman–Crippen MR) is 99.0 cm³/mol. The molecule has 1 heterocycles. The van der Waals surface area contributed by atoms with Crippen LogP contribution in [0.1, 0.15) is 6.92 Å². The number of amides is 1. The summed E-state index contributed by atoms with van der Waals surface area (Å²) in [4.78, 5) is 16.0. The van der Waals surface area contributed by atoms with Crippen molar-refractivity contribution in [3.05, 3.63) is 72.9 Å². The number of para-hydroxylation sites is 2. The van der Waals surface area contributed by atoms with E-state index in [1.807, 2.05) is 48.7 Å². The van der Waals surface area contributed by atoms with Crippen molar-refractivity contribution in [2.24, 2.45) is 0 Å².